The minimum Gasteiger partial charge on any atom is -0.339 e. The Hall–Kier alpha value is -1.83. The van der Waals surface area contributed by atoms with Crippen LogP contribution in [0.1, 0.15) is 5.56 Å². The van der Waals surface area contributed by atoms with E-state index in [2.05, 4.69) is 0 Å². The van der Waals surface area contributed by atoms with Crippen LogP contribution in [0.25, 0.3) is 0 Å². The molecule has 0 unspecified atom stereocenters. The predicted molar refractivity (Wildman–Crippen MR) is 104 cm³/mol. The fraction of sp³-hybridized carbons (Fsp3) is 0.316. The van der Waals surface area contributed by atoms with E-state index in [1.165, 1.54) is 16.1 Å². The van der Waals surface area contributed by atoms with Crippen molar-refractivity contribution in [2.75, 3.05) is 31.9 Å². The van der Waals surface area contributed by atoms with Gasteiger partial charge in [-0.05, 0) is 31.2 Å². The smallest absolute Gasteiger partial charge is 0.243 e. The first-order valence-electron chi connectivity index (χ1n) is 8.49. The Kier molecular flexibility index (Phi) is 6.01. The molecular weight excluding hydrogens is 368 g/mol. The van der Waals surface area contributed by atoms with E-state index in [0.29, 0.717) is 36.8 Å². The second-order valence-electron chi connectivity index (χ2n) is 6.20. The van der Waals surface area contributed by atoms with Crippen molar-refractivity contribution in [3.8, 4) is 0 Å². The molecule has 1 fully saturated rings. The lowest BCUT2D eigenvalue weighted by atomic mass is 10.2. The summed E-state index contributed by atoms with van der Waals surface area (Å²) in [6.45, 7) is 3.45. The van der Waals surface area contributed by atoms with Crippen molar-refractivity contribution in [3.63, 3.8) is 0 Å². The summed E-state index contributed by atoms with van der Waals surface area (Å²) in [6.07, 6.45) is 0. The van der Waals surface area contributed by atoms with Crippen molar-refractivity contribution < 1.29 is 13.2 Å². The van der Waals surface area contributed by atoms with Crippen LogP contribution in [0.3, 0.4) is 0 Å². The summed E-state index contributed by atoms with van der Waals surface area (Å²) >= 11 is 1.50. The fourth-order valence-electron chi connectivity index (χ4n) is 2.79. The highest BCUT2D eigenvalue weighted by Crippen LogP contribution is 2.20. The Bertz CT molecular complexity index is 844. The van der Waals surface area contributed by atoms with Gasteiger partial charge in [0.25, 0.3) is 0 Å². The Labute approximate surface area is 159 Å². The molecule has 1 saturated heterocycles. The molecule has 2 aromatic carbocycles. The van der Waals surface area contributed by atoms with Gasteiger partial charge in [-0.25, -0.2) is 8.42 Å². The number of carbonyl (C=O) groups is 1. The molecule has 3 rings (SSSR count). The highest BCUT2D eigenvalue weighted by atomic mass is 32.2. The summed E-state index contributed by atoms with van der Waals surface area (Å²) < 4.78 is 26.9. The van der Waals surface area contributed by atoms with E-state index in [1.807, 2.05) is 37.3 Å². The molecule has 1 aliphatic heterocycles. The number of thioether (sulfide) groups is 1. The molecule has 1 aliphatic rings. The number of sulfonamides is 1. The Morgan fingerprint density at radius 2 is 1.58 bits per heavy atom. The van der Waals surface area contributed by atoms with E-state index in [-0.39, 0.29) is 5.91 Å². The van der Waals surface area contributed by atoms with Gasteiger partial charge in [0.05, 0.1) is 10.6 Å². The first-order chi connectivity index (χ1) is 12.5. The summed E-state index contributed by atoms with van der Waals surface area (Å²) in [5.41, 5.74) is 1.02. The summed E-state index contributed by atoms with van der Waals surface area (Å²) in [5, 5.41) is 0. The first-order valence-corrected chi connectivity index (χ1v) is 10.9. The van der Waals surface area contributed by atoms with Gasteiger partial charge in [0.2, 0.25) is 15.9 Å². The van der Waals surface area contributed by atoms with Gasteiger partial charge in [0.1, 0.15) is 0 Å². The van der Waals surface area contributed by atoms with E-state index in [9.17, 15) is 13.2 Å². The van der Waals surface area contributed by atoms with E-state index in [1.54, 1.807) is 29.2 Å². The zero-order chi connectivity index (χ0) is 18.6. The van der Waals surface area contributed by atoms with Crippen molar-refractivity contribution >= 4 is 27.7 Å². The Morgan fingerprint density at radius 3 is 2.19 bits per heavy atom. The molecule has 0 aliphatic carbocycles. The normalized spacial score (nSPS) is 15.8. The zero-order valence-corrected chi connectivity index (χ0v) is 16.3. The average Bonchev–Trinajstić information content (AvgIpc) is 2.67. The standard InChI is InChI=1S/C19H22N2O3S2/c1-16-7-9-18(10-8-16)26(23,24)21-13-11-20(12-14-21)19(22)15-25-17-5-3-2-4-6-17/h2-10H,11-15H2,1H3. The maximum Gasteiger partial charge on any atom is 0.243 e. The van der Waals surface area contributed by atoms with Crippen LogP contribution >= 0.6 is 11.8 Å². The SMILES string of the molecule is Cc1ccc(S(=O)(=O)N2CCN(C(=O)CSc3ccccc3)CC2)cc1. The van der Waals surface area contributed by atoms with Crippen LogP contribution in [0.4, 0.5) is 0 Å². The quantitative estimate of drug-likeness (QED) is 0.737. The van der Waals surface area contributed by atoms with Crippen LogP contribution in [-0.4, -0.2) is 55.5 Å². The van der Waals surface area contributed by atoms with Gasteiger partial charge in [-0.3, -0.25) is 4.79 Å². The summed E-state index contributed by atoms with van der Waals surface area (Å²) in [6, 6.07) is 16.7. The molecule has 0 N–H and O–H groups in total. The number of piperazine rings is 1. The van der Waals surface area contributed by atoms with Crippen LogP contribution in [0, 0.1) is 6.92 Å². The lowest BCUT2D eigenvalue weighted by molar-refractivity contribution is -0.129. The van der Waals surface area contributed by atoms with Crippen molar-refractivity contribution in [2.24, 2.45) is 0 Å². The number of aryl methyl sites for hydroxylation is 1. The minimum absolute atomic E-state index is 0.0474. The molecular formula is C19H22N2O3S2. The molecule has 1 amide bonds. The molecule has 7 heteroatoms. The molecule has 0 spiro atoms. The number of amides is 1. The molecule has 138 valence electrons. The molecule has 0 aromatic heterocycles. The summed E-state index contributed by atoms with van der Waals surface area (Å²) in [4.78, 5) is 15.5. The van der Waals surface area contributed by atoms with Gasteiger partial charge >= 0.3 is 0 Å². The van der Waals surface area contributed by atoms with Gasteiger partial charge < -0.3 is 4.90 Å². The van der Waals surface area contributed by atoms with Crippen LogP contribution in [0.2, 0.25) is 0 Å². The lowest BCUT2D eigenvalue weighted by Crippen LogP contribution is -2.50. The highest BCUT2D eigenvalue weighted by Gasteiger charge is 2.29. The number of hydrogen-bond donors (Lipinski definition) is 0. The molecule has 0 radical (unpaired) electrons. The molecule has 26 heavy (non-hydrogen) atoms. The third-order valence-electron chi connectivity index (χ3n) is 4.36. The van der Waals surface area contributed by atoms with E-state index < -0.39 is 10.0 Å². The molecule has 0 atom stereocenters. The Morgan fingerprint density at radius 1 is 0.962 bits per heavy atom. The van der Waals surface area contributed by atoms with Crippen LogP contribution in [-0.2, 0) is 14.8 Å². The zero-order valence-electron chi connectivity index (χ0n) is 14.7. The van der Waals surface area contributed by atoms with E-state index in [4.69, 9.17) is 0 Å². The van der Waals surface area contributed by atoms with Crippen LogP contribution < -0.4 is 0 Å². The number of benzene rings is 2. The maximum absolute atomic E-state index is 12.7. The topological polar surface area (TPSA) is 57.7 Å². The molecule has 1 heterocycles. The minimum atomic E-state index is -3.49. The second kappa shape index (κ2) is 8.24. The van der Waals surface area contributed by atoms with Crippen LogP contribution in [0.15, 0.2) is 64.4 Å². The van der Waals surface area contributed by atoms with Gasteiger partial charge in [0, 0.05) is 31.1 Å². The van der Waals surface area contributed by atoms with Gasteiger partial charge in [-0.15, -0.1) is 11.8 Å². The number of rotatable bonds is 5. The second-order valence-corrected chi connectivity index (χ2v) is 9.19. The van der Waals surface area contributed by atoms with Crippen molar-refractivity contribution in [1.82, 2.24) is 9.21 Å². The van der Waals surface area contributed by atoms with E-state index >= 15 is 0 Å². The largest absolute Gasteiger partial charge is 0.339 e. The number of carbonyl (C=O) groups excluding carboxylic acids is 1. The van der Waals surface area contributed by atoms with Gasteiger partial charge in [0.15, 0.2) is 0 Å². The van der Waals surface area contributed by atoms with Crippen LogP contribution in [0.5, 0.6) is 0 Å². The van der Waals surface area contributed by atoms with Crippen molar-refractivity contribution in [3.05, 3.63) is 60.2 Å². The third-order valence-corrected chi connectivity index (χ3v) is 7.27. The molecule has 5 nitrogen and oxygen atoms in total. The number of hydrogen-bond acceptors (Lipinski definition) is 4. The first kappa shape index (κ1) is 18.9. The monoisotopic (exact) mass is 390 g/mol. The maximum atomic E-state index is 12.7. The summed E-state index contributed by atoms with van der Waals surface area (Å²) in [7, 11) is -3.49. The molecule has 0 saturated carbocycles. The fourth-order valence-corrected chi connectivity index (χ4v) is 5.03. The number of nitrogens with zero attached hydrogens (tertiary/aromatic N) is 2. The molecule has 2 aromatic rings. The average molecular weight is 391 g/mol. The van der Waals surface area contributed by atoms with Crippen molar-refractivity contribution in [1.29, 1.82) is 0 Å². The van der Waals surface area contributed by atoms with Gasteiger partial charge in [-0.1, -0.05) is 35.9 Å². The lowest BCUT2D eigenvalue weighted by Gasteiger charge is -2.34. The van der Waals surface area contributed by atoms with Gasteiger partial charge in [-0.2, -0.15) is 4.31 Å². The van der Waals surface area contributed by atoms with Crippen molar-refractivity contribution in [2.45, 2.75) is 16.7 Å². The highest BCUT2D eigenvalue weighted by molar-refractivity contribution is 8.00. The predicted octanol–water partition coefficient (Wildman–Crippen LogP) is 2.62. The third kappa shape index (κ3) is 4.47. The van der Waals surface area contributed by atoms with E-state index in [0.717, 1.165) is 10.5 Å². The molecule has 0 bridgehead atoms. The Balaban J connectivity index is 1.55. The summed E-state index contributed by atoms with van der Waals surface area (Å²) in [5.74, 6) is 0.417.